The van der Waals surface area contributed by atoms with Crippen LogP contribution in [0.1, 0.15) is 29.8 Å². The largest absolute Gasteiger partial charge is 0.393 e. The van der Waals surface area contributed by atoms with E-state index in [1.54, 1.807) is 17.5 Å². The Morgan fingerprint density at radius 1 is 1.46 bits per heavy atom. The van der Waals surface area contributed by atoms with Gasteiger partial charge < -0.3 is 10.4 Å². The molecule has 24 heavy (non-hydrogen) atoms. The second-order valence-corrected chi connectivity index (χ2v) is 6.67. The summed E-state index contributed by atoms with van der Waals surface area (Å²) in [6.07, 6.45) is 2.34. The minimum absolute atomic E-state index is 0.0103. The quantitative estimate of drug-likeness (QED) is 0.639. The van der Waals surface area contributed by atoms with Crippen molar-refractivity contribution in [1.29, 1.82) is 0 Å². The number of carbonyl (C=O) groups is 1. The van der Waals surface area contributed by atoms with Gasteiger partial charge in [-0.05, 0) is 12.8 Å². The molecule has 0 spiro atoms. The third kappa shape index (κ3) is 3.60. The number of nitro benzene ring substituents is 1. The Hall–Kier alpha value is -2.32. The molecule has 0 bridgehead atoms. The maximum atomic E-state index is 12.2. The number of aliphatic hydroxyl groups is 1. The van der Waals surface area contributed by atoms with Gasteiger partial charge >= 0.3 is 0 Å². The Bertz CT molecular complexity index is 761. The standard InChI is InChI=1S/C16H17N3O4S/c20-14-6-2-4-11(14)8-17-15(21)13-9-24-16(18-13)10-3-1-5-12(7-10)19(22)23/h1,3,5,7,9,11,14,20H,2,4,6,8H2,(H,17,21). The zero-order chi connectivity index (χ0) is 17.1. The third-order valence-electron chi connectivity index (χ3n) is 4.18. The molecule has 2 atom stereocenters. The minimum Gasteiger partial charge on any atom is -0.393 e. The average Bonchev–Trinajstić information content (AvgIpc) is 3.22. The summed E-state index contributed by atoms with van der Waals surface area (Å²) in [5.74, 6) is -0.189. The van der Waals surface area contributed by atoms with Crippen LogP contribution < -0.4 is 5.32 Å². The molecular weight excluding hydrogens is 330 g/mol. The lowest BCUT2D eigenvalue weighted by Crippen LogP contribution is -2.32. The number of rotatable bonds is 5. The highest BCUT2D eigenvalue weighted by atomic mass is 32.1. The van der Waals surface area contributed by atoms with Gasteiger partial charge in [-0.3, -0.25) is 14.9 Å². The van der Waals surface area contributed by atoms with Crippen LogP contribution in [0.2, 0.25) is 0 Å². The van der Waals surface area contributed by atoms with Crippen molar-refractivity contribution in [2.24, 2.45) is 5.92 Å². The fraction of sp³-hybridized carbons (Fsp3) is 0.375. The molecule has 3 rings (SSSR count). The smallest absolute Gasteiger partial charge is 0.270 e. The molecule has 1 aromatic carbocycles. The van der Waals surface area contributed by atoms with Crippen molar-refractivity contribution in [3.05, 3.63) is 45.5 Å². The minimum atomic E-state index is -0.461. The number of hydrogen-bond acceptors (Lipinski definition) is 6. The molecule has 1 fully saturated rings. The van der Waals surface area contributed by atoms with Gasteiger partial charge in [0.2, 0.25) is 0 Å². The van der Waals surface area contributed by atoms with Gasteiger partial charge in [-0.2, -0.15) is 0 Å². The van der Waals surface area contributed by atoms with Crippen LogP contribution in [-0.4, -0.2) is 33.6 Å². The number of nitrogens with zero attached hydrogens (tertiary/aromatic N) is 2. The lowest BCUT2D eigenvalue weighted by Gasteiger charge is -2.14. The van der Waals surface area contributed by atoms with E-state index in [0.29, 0.717) is 17.1 Å². The summed E-state index contributed by atoms with van der Waals surface area (Å²) in [6.45, 7) is 0.434. The number of nitrogens with one attached hydrogen (secondary N) is 1. The van der Waals surface area contributed by atoms with Crippen LogP contribution in [0.15, 0.2) is 29.6 Å². The number of thiazole rings is 1. The van der Waals surface area contributed by atoms with Crippen LogP contribution in [0.3, 0.4) is 0 Å². The lowest BCUT2D eigenvalue weighted by atomic mass is 10.1. The van der Waals surface area contributed by atoms with Gasteiger partial charge in [0.1, 0.15) is 10.7 Å². The molecule has 0 aliphatic heterocycles. The number of amides is 1. The van der Waals surface area contributed by atoms with Gasteiger partial charge in [-0.1, -0.05) is 18.6 Å². The fourth-order valence-corrected chi connectivity index (χ4v) is 3.63. The van der Waals surface area contributed by atoms with Crippen LogP contribution in [0.5, 0.6) is 0 Å². The van der Waals surface area contributed by atoms with E-state index in [0.717, 1.165) is 19.3 Å². The molecule has 0 radical (unpaired) electrons. The van der Waals surface area contributed by atoms with Gasteiger partial charge in [0.05, 0.1) is 11.0 Å². The second kappa shape index (κ2) is 7.06. The molecule has 7 nitrogen and oxygen atoms in total. The van der Waals surface area contributed by atoms with Crippen molar-refractivity contribution in [3.63, 3.8) is 0 Å². The van der Waals surface area contributed by atoms with Crippen LogP contribution in [0.4, 0.5) is 5.69 Å². The van der Waals surface area contributed by atoms with Gasteiger partial charge in [0.15, 0.2) is 0 Å². The molecule has 1 amide bonds. The maximum absolute atomic E-state index is 12.2. The molecule has 126 valence electrons. The fourth-order valence-electron chi connectivity index (χ4n) is 2.83. The van der Waals surface area contributed by atoms with Crippen molar-refractivity contribution in [2.75, 3.05) is 6.54 Å². The number of benzene rings is 1. The first-order valence-corrected chi connectivity index (χ1v) is 8.59. The zero-order valence-electron chi connectivity index (χ0n) is 12.8. The van der Waals surface area contributed by atoms with E-state index in [1.165, 1.54) is 23.5 Å². The topological polar surface area (TPSA) is 105 Å². The summed E-state index contributed by atoms with van der Waals surface area (Å²) < 4.78 is 0. The van der Waals surface area contributed by atoms with Gasteiger partial charge in [0.25, 0.3) is 11.6 Å². The van der Waals surface area contributed by atoms with Crippen LogP contribution in [-0.2, 0) is 0 Å². The monoisotopic (exact) mass is 347 g/mol. The van der Waals surface area contributed by atoms with Crippen molar-refractivity contribution in [3.8, 4) is 10.6 Å². The molecule has 2 N–H and O–H groups in total. The number of aliphatic hydroxyl groups excluding tert-OH is 1. The molecule has 1 heterocycles. The summed E-state index contributed by atoms with van der Waals surface area (Å²) in [4.78, 5) is 26.8. The first kappa shape index (κ1) is 16.5. The second-order valence-electron chi connectivity index (χ2n) is 5.81. The van der Waals surface area contributed by atoms with Crippen molar-refractivity contribution >= 4 is 22.9 Å². The molecule has 2 unspecified atom stereocenters. The highest BCUT2D eigenvalue weighted by Gasteiger charge is 2.25. The van der Waals surface area contributed by atoms with Crippen molar-refractivity contribution in [2.45, 2.75) is 25.4 Å². The summed E-state index contributed by atoms with van der Waals surface area (Å²) in [6, 6.07) is 6.17. The summed E-state index contributed by atoms with van der Waals surface area (Å²) >= 11 is 1.27. The van der Waals surface area contributed by atoms with E-state index in [4.69, 9.17) is 0 Å². The van der Waals surface area contributed by atoms with E-state index in [2.05, 4.69) is 10.3 Å². The number of nitro groups is 1. The summed E-state index contributed by atoms with van der Waals surface area (Å²) in [7, 11) is 0. The van der Waals surface area contributed by atoms with Crippen molar-refractivity contribution in [1.82, 2.24) is 10.3 Å². The molecule has 1 saturated carbocycles. The van der Waals surface area contributed by atoms with E-state index < -0.39 is 4.92 Å². The molecule has 1 aliphatic carbocycles. The summed E-state index contributed by atoms with van der Waals surface area (Å²) in [5, 5.41) is 25.6. The molecule has 1 aromatic heterocycles. The Balaban J connectivity index is 1.67. The van der Waals surface area contributed by atoms with Gasteiger partial charge in [-0.25, -0.2) is 4.98 Å². The average molecular weight is 347 g/mol. The highest BCUT2D eigenvalue weighted by molar-refractivity contribution is 7.13. The lowest BCUT2D eigenvalue weighted by molar-refractivity contribution is -0.384. The molecule has 0 saturated heterocycles. The highest BCUT2D eigenvalue weighted by Crippen LogP contribution is 2.27. The normalized spacial score (nSPS) is 20.0. The maximum Gasteiger partial charge on any atom is 0.270 e. The number of carbonyl (C=O) groups excluding carboxylic acids is 1. The predicted molar refractivity (Wildman–Crippen MR) is 89.9 cm³/mol. The SMILES string of the molecule is O=C(NCC1CCCC1O)c1csc(-c2cccc([N+](=O)[O-])c2)n1. The van der Waals surface area contributed by atoms with E-state index in [9.17, 15) is 20.0 Å². The Labute approximate surface area is 142 Å². The van der Waals surface area contributed by atoms with E-state index in [-0.39, 0.29) is 29.3 Å². The van der Waals surface area contributed by atoms with Crippen LogP contribution >= 0.6 is 11.3 Å². The Morgan fingerprint density at radius 2 is 2.29 bits per heavy atom. The predicted octanol–water partition coefficient (Wildman–Crippen LogP) is 2.61. The van der Waals surface area contributed by atoms with Gasteiger partial charge in [-0.15, -0.1) is 11.3 Å². The Kier molecular flexibility index (Phi) is 4.86. The molecule has 1 aliphatic rings. The molecular formula is C16H17N3O4S. The van der Waals surface area contributed by atoms with E-state index >= 15 is 0 Å². The first-order chi connectivity index (χ1) is 11.5. The number of aromatic nitrogens is 1. The molecule has 8 heteroatoms. The first-order valence-electron chi connectivity index (χ1n) is 7.71. The van der Waals surface area contributed by atoms with Crippen molar-refractivity contribution < 1.29 is 14.8 Å². The zero-order valence-corrected chi connectivity index (χ0v) is 13.7. The summed E-state index contributed by atoms with van der Waals surface area (Å²) in [5.41, 5.74) is 0.886. The van der Waals surface area contributed by atoms with Gasteiger partial charge in [0, 0.05) is 35.5 Å². The van der Waals surface area contributed by atoms with Crippen LogP contribution in [0, 0.1) is 16.0 Å². The van der Waals surface area contributed by atoms with E-state index in [1.807, 2.05) is 0 Å². The van der Waals surface area contributed by atoms with Crippen LogP contribution in [0.25, 0.3) is 10.6 Å². The number of non-ortho nitro benzene ring substituents is 1. The molecule has 2 aromatic rings. The Morgan fingerprint density at radius 3 is 3.00 bits per heavy atom. The number of hydrogen-bond donors (Lipinski definition) is 2. The third-order valence-corrected chi connectivity index (χ3v) is 5.08.